The van der Waals surface area contributed by atoms with E-state index in [1.165, 1.54) is 36.6 Å². The Kier molecular flexibility index (Phi) is 3.24. The zero-order valence-electron chi connectivity index (χ0n) is 9.49. The molecule has 0 fully saturated rings. The van der Waals surface area contributed by atoms with Crippen molar-refractivity contribution in [2.45, 2.75) is 6.92 Å². The topological polar surface area (TPSA) is 26.3 Å². The molecule has 0 amide bonds. The molecule has 2 nitrogen and oxygen atoms in total. The zero-order chi connectivity index (χ0) is 12.4. The van der Waals surface area contributed by atoms with E-state index in [1.54, 1.807) is 5.38 Å². The third kappa shape index (κ3) is 2.22. The van der Waals surface area contributed by atoms with Crippen LogP contribution in [0.2, 0.25) is 0 Å². The van der Waals surface area contributed by atoms with Crippen molar-refractivity contribution >= 4 is 17.1 Å². The first-order chi connectivity index (χ1) is 8.13. The SMILES string of the molecule is COc1ccc(F)cc1C(=O)c1cscc1C. The number of methoxy groups -OCH3 is 1. The van der Waals surface area contributed by atoms with Crippen LogP contribution in [0.1, 0.15) is 21.5 Å². The van der Waals surface area contributed by atoms with Gasteiger partial charge in [-0.15, -0.1) is 0 Å². The summed E-state index contributed by atoms with van der Waals surface area (Å²) in [5.41, 5.74) is 1.75. The number of ether oxygens (including phenoxy) is 1. The number of hydrogen-bond acceptors (Lipinski definition) is 3. The second-order valence-corrected chi connectivity index (χ2v) is 4.39. The van der Waals surface area contributed by atoms with Crippen molar-refractivity contribution in [3.05, 3.63) is 51.5 Å². The third-order valence-corrected chi connectivity index (χ3v) is 3.37. The number of ketones is 1. The molecule has 0 aliphatic carbocycles. The predicted octanol–water partition coefficient (Wildman–Crippen LogP) is 3.44. The standard InChI is InChI=1S/C13H11FO2S/c1-8-6-17-7-11(8)13(15)10-5-9(14)3-4-12(10)16-2/h3-7H,1-2H3. The summed E-state index contributed by atoms with van der Waals surface area (Å²) < 4.78 is 18.3. The highest BCUT2D eigenvalue weighted by atomic mass is 32.1. The highest BCUT2D eigenvalue weighted by Gasteiger charge is 2.17. The normalized spacial score (nSPS) is 10.3. The molecule has 1 heterocycles. The van der Waals surface area contributed by atoms with Crippen LogP contribution in [0.4, 0.5) is 4.39 Å². The lowest BCUT2D eigenvalue weighted by molar-refractivity contribution is 0.103. The number of aryl methyl sites for hydroxylation is 1. The quantitative estimate of drug-likeness (QED) is 0.780. The molecule has 0 saturated carbocycles. The lowest BCUT2D eigenvalue weighted by Gasteiger charge is -2.07. The first-order valence-electron chi connectivity index (χ1n) is 5.04. The summed E-state index contributed by atoms with van der Waals surface area (Å²) >= 11 is 1.45. The summed E-state index contributed by atoms with van der Waals surface area (Å²) in [5, 5.41) is 3.65. The fourth-order valence-electron chi connectivity index (χ4n) is 1.60. The van der Waals surface area contributed by atoms with Gasteiger partial charge in [0.2, 0.25) is 0 Å². The van der Waals surface area contributed by atoms with Crippen LogP contribution in [-0.2, 0) is 0 Å². The molecule has 0 atom stereocenters. The smallest absolute Gasteiger partial charge is 0.197 e. The van der Waals surface area contributed by atoms with E-state index in [1.807, 2.05) is 12.3 Å². The van der Waals surface area contributed by atoms with E-state index in [0.717, 1.165) is 5.56 Å². The molecule has 1 aromatic carbocycles. The fourth-order valence-corrected chi connectivity index (χ4v) is 2.42. The maximum Gasteiger partial charge on any atom is 0.197 e. The van der Waals surface area contributed by atoms with E-state index in [4.69, 9.17) is 4.74 Å². The maximum atomic E-state index is 13.2. The van der Waals surface area contributed by atoms with Crippen molar-refractivity contribution in [2.24, 2.45) is 0 Å². The minimum Gasteiger partial charge on any atom is -0.496 e. The molecule has 0 aliphatic rings. The van der Waals surface area contributed by atoms with Gasteiger partial charge in [0.15, 0.2) is 5.78 Å². The summed E-state index contributed by atoms with van der Waals surface area (Å²) in [6.07, 6.45) is 0. The van der Waals surface area contributed by atoms with Crippen molar-refractivity contribution in [3.8, 4) is 5.75 Å². The highest BCUT2D eigenvalue weighted by molar-refractivity contribution is 7.08. The van der Waals surface area contributed by atoms with Gasteiger partial charge in [-0.25, -0.2) is 4.39 Å². The Labute approximate surface area is 103 Å². The molecular formula is C13H11FO2S. The first kappa shape index (κ1) is 11.8. The second-order valence-electron chi connectivity index (χ2n) is 3.64. The van der Waals surface area contributed by atoms with Gasteiger partial charge in [-0.1, -0.05) is 0 Å². The Bertz CT molecular complexity index is 560. The van der Waals surface area contributed by atoms with Crippen LogP contribution in [-0.4, -0.2) is 12.9 Å². The van der Waals surface area contributed by atoms with Crippen LogP contribution >= 0.6 is 11.3 Å². The Morgan fingerprint density at radius 1 is 1.29 bits per heavy atom. The van der Waals surface area contributed by atoms with Crippen molar-refractivity contribution in [3.63, 3.8) is 0 Å². The second kappa shape index (κ2) is 4.67. The van der Waals surface area contributed by atoms with Gasteiger partial charge in [-0.05, 0) is 36.1 Å². The Morgan fingerprint density at radius 2 is 2.06 bits per heavy atom. The molecule has 0 spiro atoms. The maximum absolute atomic E-state index is 13.2. The summed E-state index contributed by atoms with van der Waals surface area (Å²) in [4.78, 5) is 12.2. The van der Waals surface area contributed by atoms with Gasteiger partial charge in [-0.2, -0.15) is 11.3 Å². The van der Waals surface area contributed by atoms with Gasteiger partial charge in [0, 0.05) is 10.9 Å². The average Bonchev–Trinajstić information content (AvgIpc) is 2.74. The van der Waals surface area contributed by atoms with Crippen LogP contribution in [0.3, 0.4) is 0 Å². The van der Waals surface area contributed by atoms with Crippen LogP contribution in [0, 0.1) is 12.7 Å². The van der Waals surface area contributed by atoms with Crippen LogP contribution < -0.4 is 4.74 Å². The molecule has 4 heteroatoms. The molecule has 0 N–H and O–H groups in total. The molecule has 0 bridgehead atoms. The molecule has 0 unspecified atom stereocenters. The lowest BCUT2D eigenvalue weighted by Crippen LogP contribution is -2.04. The van der Waals surface area contributed by atoms with Crippen molar-refractivity contribution in [1.29, 1.82) is 0 Å². The minimum atomic E-state index is -0.443. The number of carbonyl (C=O) groups is 1. The van der Waals surface area contributed by atoms with Crippen molar-refractivity contribution in [1.82, 2.24) is 0 Å². The summed E-state index contributed by atoms with van der Waals surface area (Å²) in [6, 6.07) is 3.94. The van der Waals surface area contributed by atoms with Gasteiger partial charge in [0.1, 0.15) is 11.6 Å². The predicted molar refractivity (Wildman–Crippen MR) is 65.4 cm³/mol. The van der Waals surface area contributed by atoms with E-state index in [2.05, 4.69) is 0 Å². The van der Waals surface area contributed by atoms with Gasteiger partial charge in [-0.3, -0.25) is 4.79 Å². The third-order valence-electron chi connectivity index (χ3n) is 2.51. The molecule has 17 heavy (non-hydrogen) atoms. The molecule has 0 saturated heterocycles. The van der Waals surface area contributed by atoms with Gasteiger partial charge < -0.3 is 4.74 Å². The number of rotatable bonds is 3. The number of hydrogen-bond donors (Lipinski definition) is 0. The van der Waals surface area contributed by atoms with E-state index < -0.39 is 5.82 Å². The number of thiophene rings is 1. The molecule has 1 aromatic heterocycles. The van der Waals surface area contributed by atoms with Crippen molar-refractivity contribution in [2.75, 3.05) is 7.11 Å². The molecule has 2 aromatic rings. The average molecular weight is 250 g/mol. The molecule has 0 aliphatic heterocycles. The molecule has 2 rings (SSSR count). The van der Waals surface area contributed by atoms with Gasteiger partial charge in [0.05, 0.1) is 12.7 Å². The number of benzene rings is 1. The number of halogens is 1. The molecular weight excluding hydrogens is 239 g/mol. The van der Waals surface area contributed by atoms with Gasteiger partial charge in [0.25, 0.3) is 0 Å². The molecule has 88 valence electrons. The summed E-state index contributed by atoms with van der Waals surface area (Å²) in [5.74, 6) is -0.260. The first-order valence-corrected chi connectivity index (χ1v) is 5.99. The van der Waals surface area contributed by atoms with E-state index in [0.29, 0.717) is 11.3 Å². The summed E-state index contributed by atoms with van der Waals surface area (Å²) in [7, 11) is 1.46. The summed E-state index contributed by atoms with van der Waals surface area (Å²) in [6.45, 7) is 1.86. The zero-order valence-corrected chi connectivity index (χ0v) is 10.3. The molecule has 0 radical (unpaired) electrons. The lowest BCUT2D eigenvalue weighted by atomic mass is 10.0. The van der Waals surface area contributed by atoms with Crippen LogP contribution in [0.25, 0.3) is 0 Å². The van der Waals surface area contributed by atoms with Gasteiger partial charge >= 0.3 is 0 Å². The van der Waals surface area contributed by atoms with E-state index in [9.17, 15) is 9.18 Å². The van der Waals surface area contributed by atoms with E-state index in [-0.39, 0.29) is 11.3 Å². The largest absolute Gasteiger partial charge is 0.496 e. The minimum absolute atomic E-state index is 0.208. The van der Waals surface area contributed by atoms with Crippen LogP contribution in [0.5, 0.6) is 5.75 Å². The Balaban J connectivity index is 2.50. The van der Waals surface area contributed by atoms with Crippen molar-refractivity contribution < 1.29 is 13.9 Å². The van der Waals surface area contributed by atoms with E-state index >= 15 is 0 Å². The fraction of sp³-hybridized carbons (Fsp3) is 0.154. The Morgan fingerprint density at radius 3 is 2.65 bits per heavy atom. The Hall–Kier alpha value is -1.68. The monoisotopic (exact) mass is 250 g/mol. The number of carbonyl (C=O) groups excluding carboxylic acids is 1. The highest BCUT2D eigenvalue weighted by Crippen LogP contribution is 2.25. The van der Waals surface area contributed by atoms with Crippen LogP contribution in [0.15, 0.2) is 29.0 Å².